The molecule has 0 aromatic heterocycles. The molecule has 0 heterocycles. The summed E-state index contributed by atoms with van der Waals surface area (Å²) in [6.07, 6.45) is 3.47. The van der Waals surface area contributed by atoms with E-state index in [1.165, 1.54) is 11.1 Å². The molecule has 22 heavy (non-hydrogen) atoms. The quantitative estimate of drug-likeness (QED) is 0.890. The van der Waals surface area contributed by atoms with Crippen molar-refractivity contribution in [2.24, 2.45) is 17.3 Å². The van der Waals surface area contributed by atoms with E-state index in [-0.39, 0.29) is 17.6 Å². The van der Waals surface area contributed by atoms with E-state index in [1.807, 2.05) is 12.1 Å². The molecule has 4 atom stereocenters. The zero-order chi connectivity index (χ0) is 15.9. The van der Waals surface area contributed by atoms with E-state index < -0.39 is 18.1 Å². The van der Waals surface area contributed by atoms with Crippen molar-refractivity contribution in [3.05, 3.63) is 29.3 Å². The molecule has 1 aromatic rings. The molecule has 0 saturated heterocycles. The Morgan fingerprint density at radius 2 is 2.18 bits per heavy atom. The summed E-state index contributed by atoms with van der Waals surface area (Å²) < 4.78 is 13.1. The maximum absolute atomic E-state index is 13.1. The van der Waals surface area contributed by atoms with E-state index in [9.17, 15) is 19.4 Å². The molecule has 1 fully saturated rings. The lowest BCUT2D eigenvalue weighted by atomic mass is 9.54. The molecule has 3 rings (SSSR count). The third-order valence-corrected chi connectivity index (χ3v) is 6.01. The van der Waals surface area contributed by atoms with Crippen molar-refractivity contribution in [3.63, 3.8) is 0 Å². The molecule has 1 aromatic carbocycles. The first-order chi connectivity index (χ1) is 10.5. The number of phenolic OH excluding ortho intramolecular Hbond substituents is 1. The number of phenols is 1. The van der Waals surface area contributed by atoms with E-state index >= 15 is 0 Å². The van der Waals surface area contributed by atoms with Gasteiger partial charge in [-0.1, -0.05) is 6.07 Å². The molecule has 3 nitrogen and oxygen atoms in total. The molecule has 2 N–H and O–H groups in total. The Bertz CT molecular complexity index is 586. The summed E-state index contributed by atoms with van der Waals surface area (Å²) in [6.45, 7) is 1.33. The Morgan fingerprint density at radius 3 is 2.86 bits per heavy atom. The Kier molecular flexibility index (Phi) is 3.87. The minimum Gasteiger partial charge on any atom is -0.508 e. The molecule has 4 heteroatoms. The summed E-state index contributed by atoms with van der Waals surface area (Å²) in [7, 11) is 0. The third-order valence-electron chi connectivity index (χ3n) is 6.01. The van der Waals surface area contributed by atoms with Gasteiger partial charge in [0.25, 0.3) is 0 Å². The number of hydrogen-bond donors (Lipinski definition) is 2. The summed E-state index contributed by atoms with van der Waals surface area (Å²) in [4.78, 5) is 11.8. The van der Waals surface area contributed by atoms with Crippen LogP contribution in [0.25, 0.3) is 0 Å². The monoisotopic (exact) mass is 305 g/mol. The van der Waals surface area contributed by atoms with Gasteiger partial charge in [0.15, 0.2) is 0 Å². The number of hydrogen-bond acceptors (Lipinski definition) is 2. The Balaban J connectivity index is 1.97. The van der Waals surface area contributed by atoms with Gasteiger partial charge in [0.05, 0.1) is 12.1 Å². The highest BCUT2D eigenvalue weighted by atomic mass is 18.2. The van der Waals surface area contributed by atoms with Crippen molar-refractivity contribution < 1.29 is 19.4 Å². The van der Waals surface area contributed by atoms with Gasteiger partial charge in [-0.05, 0) is 80.0 Å². The van der Waals surface area contributed by atoms with Crippen LogP contribution in [0.3, 0.4) is 0 Å². The van der Waals surface area contributed by atoms with Crippen LogP contribution in [-0.4, -0.2) is 22.9 Å². The SMILES string of the molecule is C[C@]1(C(=O)O)CC[C@@H]2c3ccc(O)cc3CC[C@H]2[C@H]1CC[18F]. The molecule has 0 bridgehead atoms. The number of carbonyl (C=O) groups is 1. The summed E-state index contributed by atoms with van der Waals surface area (Å²) in [5, 5.41) is 19.3. The van der Waals surface area contributed by atoms with Gasteiger partial charge in [-0.3, -0.25) is 9.18 Å². The summed E-state index contributed by atoms with van der Waals surface area (Å²) in [5.74, 6) is -0.101. The van der Waals surface area contributed by atoms with E-state index in [0.29, 0.717) is 18.8 Å². The largest absolute Gasteiger partial charge is 0.508 e. The molecule has 2 aliphatic rings. The summed E-state index contributed by atoms with van der Waals surface area (Å²) in [6, 6.07) is 5.49. The zero-order valence-electron chi connectivity index (χ0n) is 12.9. The first-order valence-electron chi connectivity index (χ1n) is 8.08. The number of benzene rings is 1. The van der Waals surface area contributed by atoms with Crippen LogP contribution >= 0.6 is 0 Å². The van der Waals surface area contributed by atoms with Crippen molar-refractivity contribution in [2.75, 3.05) is 6.67 Å². The van der Waals surface area contributed by atoms with Crippen LogP contribution in [0.15, 0.2) is 18.2 Å². The second kappa shape index (κ2) is 5.56. The molecule has 2 aliphatic carbocycles. The number of carboxylic acid groups (broad SMARTS) is 1. The smallest absolute Gasteiger partial charge is 0.309 e. The van der Waals surface area contributed by atoms with Gasteiger partial charge in [-0.25, -0.2) is 0 Å². The average Bonchev–Trinajstić information content (AvgIpc) is 2.49. The number of alkyl halides is 1. The lowest BCUT2D eigenvalue weighted by Gasteiger charge is -2.50. The highest BCUT2D eigenvalue weighted by molar-refractivity contribution is 5.75. The molecule has 1 saturated carbocycles. The topological polar surface area (TPSA) is 57.5 Å². The second-order valence-corrected chi connectivity index (χ2v) is 7.04. The molecule has 0 unspecified atom stereocenters. The lowest BCUT2D eigenvalue weighted by molar-refractivity contribution is -0.157. The van der Waals surface area contributed by atoms with Crippen LogP contribution < -0.4 is 0 Å². The number of carboxylic acids is 1. The summed E-state index contributed by atoms with van der Waals surface area (Å²) in [5.41, 5.74) is 1.58. The van der Waals surface area contributed by atoms with Gasteiger partial charge in [0.2, 0.25) is 0 Å². The van der Waals surface area contributed by atoms with E-state index in [0.717, 1.165) is 19.3 Å². The van der Waals surface area contributed by atoms with Gasteiger partial charge in [-0.2, -0.15) is 0 Å². The number of aromatic hydroxyl groups is 1. The van der Waals surface area contributed by atoms with Crippen molar-refractivity contribution >= 4 is 5.97 Å². The number of aryl methyl sites for hydroxylation is 1. The molecule has 0 aliphatic heterocycles. The Labute approximate surface area is 130 Å². The Hall–Kier alpha value is -1.58. The van der Waals surface area contributed by atoms with Crippen LogP contribution in [-0.2, 0) is 11.2 Å². The maximum Gasteiger partial charge on any atom is 0.309 e. The first-order valence-corrected chi connectivity index (χ1v) is 8.08. The number of halogens is 1. The lowest BCUT2D eigenvalue weighted by Crippen LogP contribution is -2.47. The number of aliphatic carboxylic acids is 1. The first kappa shape index (κ1) is 15.3. The minimum absolute atomic E-state index is 0.115. The molecule has 0 spiro atoms. The van der Waals surface area contributed by atoms with E-state index in [1.54, 1.807) is 13.0 Å². The summed E-state index contributed by atoms with van der Waals surface area (Å²) >= 11 is 0. The van der Waals surface area contributed by atoms with Crippen LogP contribution in [0.5, 0.6) is 5.75 Å². The van der Waals surface area contributed by atoms with Gasteiger partial charge in [0, 0.05) is 0 Å². The zero-order valence-corrected chi connectivity index (χ0v) is 12.9. The van der Waals surface area contributed by atoms with Crippen molar-refractivity contribution in [1.82, 2.24) is 0 Å². The van der Waals surface area contributed by atoms with Gasteiger partial charge < -0.3 is 10.2 Å². The fraction of sp³-hybridized carbons (Fsp3) is 0.611. The van der Waals surface area contributed by atoms with Crippen LogP contribution in [0.1, 0.15) is 49.7 Å². The van der Waals surface area contributed by atoms with E-state index in [4.69, 9.17) is 0 Å². The van der Waals surface area contributed by atoms with Crippen LogP contribution in [0.2, 0.25) is 0 Å². The van der Waals surface area contributed by atoms with Gasteiger partial charge in [-0.15, -0.1) is 0 Å². The van der Waals surface area contributed by atoms with Crippen molar-refractivity contribution in [2.45, 2.75) is 44.9 Å². The molecular formula is C18H23FO3. The predicted molar refractivity (Wildman–Crippen MR) is 81.7 cm³/mol. The molecule has 0 amide bonds. The van der Waals surface area contributed by atoms with Crippen LogP contribution in [0, 0.1) is 17.3 Å². The van der Waals surface area contributed by atoms with Crippen LogP contribution in [0.4, 0.5) is 4.39 Å². The highest BCUT2D eigenvalue weighted by Gasteiger charge is 2.51. The molecule has 120 valence electrons. The van der Waals surface area contributed by atoms with Crippen molar-refractivity contribution in [3.8, 4) is 5.75 Å². The average molecular weight is 305 g/mol. The van der Waals surface area contributed by atoms with E-state index in [2.05, 4.69) is 0 Å². The maximum atomic E-state index is 13.1. The van der Waals surface area contributed by atoms with Gasteiger partial charge >= 0.3 is 5.97 Å². The standard InChI is InChI=1S/C18H23FO3/c1-18(17(21)22)8-6-14-13-5-3-12(20)10-11(13)2-4-15(14)16(18)7-9-19/h3,5,10,14-16,20H,2,4,6-9H2,1H3,(H,21,22)/t14-,15-,16-,18+/m1/s1/i19-1. The fourth-order valence-corrected chi connectivity index (χ4v) is 4.80. The molecule has 0 radical (unpaired) electrons. The van der Waals surface area contributed by atoms with Crippen molar-refractivity contribution in [1.29, 1.82) is 0 Å². The second-order valence-electron chi connectivity index (χ2n) is 7.04. The minimum atomic E-state index is -0.818. The fourth-order valence-electron chi connectivity index (χ4n) is 4.80. The Morgan fingerprint density at radius 1 is 1.41 bits per heavy atom. The predicted octanol–water partition coefficient (Wildman–Crippen LogP) is 3.90. The third kappa shape index (κ3) is 2.29. The number of rotatable bonds is 3. The molecular weight excluding hydrogens is 282 g/mol. The normalized spacial score (nSPS) is 33.8. The number of fused-ring (bicyclic) bond motifs is 3. The van der Waals surface area contributed by atoms with Gasteiger partial charge in [0.1, 0.15) is 5.75 Å². The highest BCUT2D eigenvalue weighted by Crippen LogP contribution is 2.56.